The molecule has 122 valence electrons. The predicted octanol–water partition coefficient (Wildman–Crippen LogP) is 2.73. The third-order valence-corrected chi connectivity index (χ3v) is 4.66. The Hall–Kier alpha value is -2.22. The highest BCUT2D eigenvalue weighted by Crippen LogP contribution is 2.33. The minimum Gasteiger partial charge on any atom is -0.476 e. The van der Waals surface area contributed by atoms with E-state index in [1.165, 1.54) is 38.4 Å². The van der Waals surface area contributed by atoms with E-state index in [1.54, 1.807) is 12.3 Å². The van der Waals surface area contributed by atoms with Crippen LogP contribution in [0.3, 0.4) is 0 Å². The molecular weight excluding hydrogens is 314 g/mol. The zero-order valence-electron chi connectivity index (χ0n) is 12.7. The number of anilines is 2. The lowest BCUT2D eigenvalue weighted by atomic mass is 9.90. The van der Waals surface area contributed by atoms with Gasteiger partial charge < -0.3 is 15.8 Å². The van der Waals surface area contributed by atoms with Gasteiger partial charge in [0.15, 0.2) is 0 Å². The van der Waals surface area contributed by atoms with Crippen LogP contribution in [0.15, 0.2) is 18.6 Å². The van der Waals surface area contributed by atoms with Gasteiger partial charge in [-0.05, 0) is 36.4 Å². The number of hydrogen-bond donors (Lipinski definition) is 2. The van der Waals surface area contributed by atoms with Crippen LogP contribution >= 0.6 is 11.5 Å². The zero-order chi connectivity index (χ0) is 16.1. The van der Waals surface area contributed by atoms with Crippen molar-refractivity contribution in [2.75, 3.05) is 11.9 Å². The van der Waals surface area contributed by atoms with Crippen molar-refractivity contribution in [3.8, 4) is 5.88 Å². The molecule has 3 rings (SSSR count). The summed E-state index contributed by atoms with van der Waals surface area (Å²) in [7, 11) is 0. The monoisotopic (exact) mass is 333 g/mol. The number of amides is 1. The Labute approximate surface area is 138 Å². The third-order valence-electron chi connectivity index (χ3n) is 3.91. The number of hydrogen-bond acceptors (Lipinski definition) is 7. The van der Waals surface area contributed by atoms with E-state index in [0.717, 1.165) is 11.5 Å². The molecule has 3 N–H and O–H groups in total. The molecule has 2 aromatic rings. The van der Waals surface area contributed by atoms with Gasteiger partial charge in [-0.1, -0.05) is 19.3 Å². The molecule has 1 fully saturated rings. The fraction of sp³-hybridized carbons (Fsp3) is 0.467. The van der Waals surface area contributed by atoms with Gasteiger partial charge >= 0.3 is 0 Å². The minimum atomic E-state index is -0.561. The number of ether oxygens (including phenoxy) is 1. The summed E-state index contributed by atoms with van der Waals surface area (Å²) in [6, 6.07) is 1.70. The van der Waals surface area contributed by atoms with Gasteiger partial charge in [-0.2, -0.15) is 4.37 Å². The Bertz CT molecular complexity index is 655. The van der Waals surface area contributed by atoms with Crippen molar-refractivity contribution in [3.05, 3.63) is 24.2 Å². The van der Waals surface area contributed by atoms with E-state index in [2.05, 4.69) is 19.7 Å². The molecule has 0 aliphatic heterocycles. The molecule has 0 spiro atoms. The lowest BCUT2D eigenvalue weighted by molar-refractivity contribution is 0.0995. The summed E-state index contributed by atoms with van der Waals surface area (Å²) < 4.78 is 10.0. The number of carbonyl (C=O) groups excluding carboxylic acids is 1. The number of primary amides is 1. The summed E-state index contributed by atoms with van der Waals surface area (Å²) in [6.07, 6.45) is 9.16. The first-order chi connectivity index (χ1) is 11.2. The Morgan fingerprint density at radius 3 is 2.91 bits per heavy atom. The second-order valence-corrected chi connectivity index (χ2v) is 6.36. The van der Waals surface area contributed by atoms with Gasteiger partial charge in [0.2, 0.25) is 5.88 Å². The van der Waals surface area contributed by atoms with Crippen molar-refractivity contribution >= 4 is 28.3 Å². The van der Waals surface area contributed by atoms with Gasteiger partial charge in [-0.25, -0.2) is 9.97 Å². The standard InChI is InChI=1S/C15H19N5O2S/c16-13(21)12-14(22-8-10-4-2-1-3-5-10)20-23-15(12)19-11-6-7-17-9-18-11/h6-7,9-10H,1-5,8H2,(H2,16,21)(H,17,18,19). The molecule has 0 saturated heterocycles. The third kappa shape index (κ3) is 3.95. The summed E-state index contributed by atoms with van der Waals surface area (Å²) in [5, 5.41) is 3.57. The average Bonchev–Trinajstić information content (AvgIpc) is 2.98. The molecule has 0 atom stereocenters. The predicted molar refractivity (Wildman–Crippen MR) is 88.0 cm³/mol. The summed E-state index contributed by atoms with van der Waals surface area (Å²) in [5.74, 6) is 0.855. The van der Waals surface area contributed by atoms with Crippen LogP contribution in [0.4, 0.5) is 10.8 Å². The lowest BCUT2D eigenvalue weighted by Crippen LogP contribution is -2.18. The van der Waals surface area contributed by atoms with Crippen LogP contribution < -0.4 is 15.8 Å². The highest BCUT2D eigenvalue weighted by atomic mass is 32.1. The molecule has 7 nitrogen and oxygen atoms in total. The van der Waals surface area contributed by atoms with E-state index in [-0.39, 0.29) is 5.56 Å². The van der Waals surface area contributed by atoms with Crippen LogP contribution in [0.5, 0.6) is 5.88 Å². The van der Waals surface area contributed by atoms with Crippen LogP contribution in [-0.4, -0.2) is 26.9 Å². The van der Waals surface area contributed by atoms with Gasteiger partial charge in [0.1, 0.15) is 22.7 Å². The molecule has 1 aliphatic rings. The van der Waals surface area contributed by atoms with Gasteiger partial charge in [0.25, 0.3) is 5.91 Å². The average molecular weight is 333 g/mol. The van der Waals surface area contributed by atoms with Crippen LogP contribution in [0, 0.1) is 5.92 Å². The maximum Gasteiger partial charge on any atom is 0.257 e. The molecule has 1 amide bonds. The second kappa shape index (κ2) is 7.36. The van der Waals surface area contributed by atoms with E-state index >= 15 is 0 Å². The van der Waals surface area contributed by atoms with Crippen LogP contribution in [0.25, 0.3) is 0 Å². The molecule has 0 radical (unpaired) electrons. The van der Waals surface area contributed by atoms with Gasteiger partial charge in [0, 0.05) is 6.20 Å². The summed E-state index contributed by atoms with van der Waals surface area (Å²) in [5.41, 5.74) is 5.78. The van der Waals surface area contributed by atoms with E-state index in [4.69, 9.17) is 10.5 Å². The maximum atomic E-state index is 11.8. The first kappa shape index (κ1) is 15.7. The molecule has 1 saturated carbocycles. The highest BCUT2D eigenvalue weighted by Gasteiger charge is 2.22. The summed E-state index contributed by atoms with van der Waals surface area (Å²) in [6.45, 7) is 0.580. The molecule has 8 heteroatoms. The Balaban J connectivity index is 1.71. The normalized spacial score (nSPS) is 15.3. The molecule has 23 heavy (non-hydrogen) atoms. The first-order valence-corrected chi connectivity index (χ1v) is 8.46. The maximum absolute atomic E-state index is 11.8. The molecule has 0 unspecified atom stereocenters. The van der Waals surface area contributed by atoms with Gasteiger partial charge in [0.05, 0.1) is 6.61 Å². The van der Waals surface area contributed by atoms with Crippen molar-refractivity contribution in [1.82, 2.24) is 14.3 Å². The Kier molecular flexibility index (Phi) is 5.02. The van der Waals surface area contributed by atoms with Crippen molar-refractivity contribution in [1.29, 1.82) is 0 Å². The number of nitrogens with one attached hydrogen (secondary N) is 1. The van der Waals surface area contributed by atoms with Crippen molar-refractivity contribution < 1.29 is 9.53 Å². The Morgan fingerprint density at radius 2 is 2.22 bits per heavy atom. The number of nitrogens with zero attached hydrogens (tertiary/aromatic N) is 3. The fourth-order valence-electron chi connectivity index (χ4n) is 2.71. The SMILES string of the molecule is NC(=O)c1c(OCC2CCCCC2)nsc1Nc1ccncn1. The minimum absolute atomic E-state index is 0.282. The topological polar surface area (TPSA) is 103 Å². The zero-order valence-corrected chi connectivity index (χ0v) is 13.5. The number of rotatable bonds is 6. The van der Waals surface area contributed by atoms with Crippen molar-refractivity contribution in [2.45, 2.75) is 32.1 Å². The van der Waals surface area contributed by atoms with E-state index < -0.39 is 5.91 Å². The number of aromatic nitrogens is 3. The largest absolute Gasteiger partial charge is 0.476 e. The highest BCUT2D eigenvalue weighted by molar-refractivity contribution is 7.11. The Morgan fingerprint density at radius 1 is 1.39 bits per heavy atom. The van der Waals surface area contributed by atoms with Gasteiger partial charge in [-0.15, -0.1) is 0 Å². The molecule has 0 aromatic carbocycles. The molecule has 2 aromatic heterocycles. The van der Waals surface area contributed by atoms with Crippen molar-refractivity contribution in [2.24, 2.45) is 11.7 Å². The fourth-order valence-corrected chi connectivity index (χ4v) is 3.46. The molecular formula is C15H19N5O2S. The van der Waals surface area contributed by atoms with Crippen LogP contribution in [-0.2, 0) is 0 Å². The smallest absolute Gasteiger partial charge is 0.257 e. The number of carbonyl (C=O) groups is 1. The van der Waals surface area contributed by atoms with Crippen molar-refractivity contribution in [3.63, 3.8) is 0 Å². The molecule has 2 heterocycles. The molecule has 1 aliphatic carbocycles. The lowest BCUT2D eigenvalue weighted by Gasteiger charge is -2.21. The quantitative estimate of drug-likeness (QED) is 0.842. The number of nitrogens with two attached hydrogens (primary N) is 1. The van der Waals surface area contributed by atoms with E-state index in [9.17, 15) is 4.79 Å². The summed E-state index contributed by atoms with van der Waals surface area (Å²) >= 11 is 1.14. The van der Waals surface area contributed by atoms with E-state index in [0.29, 0.717) is 29.2 Å². The van der Waals surface area contributed by atoms with E-state index in [1.807, 2.05) is 0 Å². The van der Waals surface area contributed by atoms with Crippen LogP contribution in [0.2, 0.25) is 0 Å². The van der Waals surface area contributed by atoms with Crippen LogP contribution in [0.1, 0.15) is 42.5 Å². The van der Waals surface area contributed by atoms with Gasteiger partial charge in [-0.3, -0.25) is 4.79 Å². The summed E-state index contributed by atoms with van der Waals surface area (Å²) in [4.78, 5) is 19.7. The second-order valence-electron chi connectivity index (χ2n) is 5.59. The first-order valence-electron chi connectivity index (χ1n) is 7.69. The molecule has 0 bridgehead atoms.